The molecule has 0 aliphatic carbocycles. The van der Waals surface area contributed by atoms with Crippen molar-refractivity contribution in [3.63, 3.8) is 0 Å². The lowest BCUT2D eigenvalue weighted by Crippen LogP contribution is -2.40. The van der Waals surface area contributed by atoms with Crippen LogP contribution in [-0.4, -0.2) is 74.7 Å². The van der Waals surface area contributed by atoms with Crippen molar-refractivity contribution in [2.75, 3.05) is 46.9 Å². The number of aromatic nitrogens is 1. The summed E-state index contributed by atoms with van der Waals surface area (Å²) in [6, 6.07) is 9.98. The summed E-state index contributed by atoms with van der Waals surface area (Å²) in [7, 11) is 2.95. The van der Waals surface area contributed by atoms with Crippen molar-refractivity contribution in [3.05, 3.63) is 58.2 Å². The maximum atomic E-state index is 13.2. The monoisotopic (exact) mass is 621 g/mol. The van der Waals surface area contributed by atoms with Gasteiger partial charge in [-0.25, -0.2) is 4.79 Å². The first-order valence-corrected chi connectivity index (χ1v) is 14.6. The molecule has 232 valence electrons. The van der Waals surface area contributed by atoms with Crippen molar-refractivity contribution >= 4 is 23.3 Å². The molecule has 0 saturated carbocycles. The van der Waals surface area contributed by atoms with Gasteiger partial charge in [0.05, 0.1) is 25.5 Å². The molecule has 2 N–H and O–H groups in total. The number of thiazole rings is 1. The van der Waals surface area contributed by atoms with Gasteiger partial charge >= 0.3 is 12.4 Å². The van der Waals surface area contributed by atoms with Gasteiger partial charge in [0.1, 0.15) is 17.2 Å². The van der Waals surface area contributed by atoms with Crippen LogP contribution in [0.2, 0.25) is 0 Å². The van der Waals surface area contributed by atoms with E-state index in [1.54, 1.807) is 28.1 Å². The van der Waals surface area contributed by atoms with Crippen LogP contribution >= 0.6 is 11.3 Å². The largest absolute Gasteiger partial charge is 0.573 e. The first kappa shape index (κ1) is 31.9. The van der Waals surface area contributed by atoms with Crippen LogP contribution in [0.5, 0.6) is 17.2 Å². The SMILES string of the molecule is COc1ccc(C(=O)N=c2scc(-c3ccc(OC(F)(F)F)cc3)n2CCCNC(=O)NCCN2CCCC2)c(OC)c1. The second kappa shape index (κ2) is 14.9. The van der Waals surface area contributed by atoms with E-state index in [2.05, 4.69) is 25.3 Å². The summed E-state index contributed by atoms with van der Waals surface area (Å²) in [6.45, 7) is 4.22. The van der Waals surface area contributed by atoms with Crippen molar-refractivity contribution < 1.29 is 37.0 Å². The minimum atomic E-state index is -4.80. The van der Waals surface area contributed by atoms with Crippen LogP contribution in [0.3, 0.4) is 0 Å². The molecule has 1 saturated heterocycles. The third-order valence-electron chi connectivity index (χ3n) is 6.77. The Morgan fingerprint density at radius 1 is 0.953 bits per heavy atom. The van der Waals surface area contributed by atoms with Gasteiger partial charge in [-0.2, -0.15) is 4.99 Å². The summed E-state index contributed by atoms with van der Waals surface area (Å²) in [5.74, 6) is -0.0558. The van der Waals surface area contributed by atoms with E-state index >= 15 is 0 Å². The molecule has 1 aromatic heterocycles. The van der Waals surface area contributed by atoms with Crippen LogP contribution in [0.25, 0.3) is 11.3 Å². The lowest BCUT2D eigenvalue weighted by Gasteiger charge is -2.15. The number of rotatable bonds is 12. The Morgan fingerprint density at radius 2 is 1.65 bits per heavy atom. The van der Waals surface area contributed by atoms with Crippen molar-refractivity contribution in [3.8, 4) is 28.5 Å². The van der Waals surface area contributed by atoms with E-state index in [9.17, 15) is 22.8 Å². The van der Waals surface area contributed by atoms with Crippen LogP contribution in [-0.2, 0) is 6.54 Å². The molecular formula is C29H34F3N5O5S. The minimum Gasteiger partial charge on any atom is -0.497 e. The number of hydrogen-bond acceptors (Lipinski definition) is 7. The summed E-state index contributed by atoms with van der Waals surface area (Å²) in [5.41, 5.74) is 1.49. The van der Waals surface area contributed by atoms with Gasteiger partial charge in [0, 0.05) is 37.6 Å². The Labute approximate surface area is 251 Å². The smallest absolute Gasteiger partial charge is 0.497 e. The molecular weight excluding hydrogens is 587 g/mol. The van der Waals surface area contributed by atoms with Crippen LogP contribution in [0.1, 0.15) is 29.6 Å². The second-order valence-electron chi connectivity index (χ2n) is 9.70. The van der Waals surface area contributed by atoms with E-state index in [4.69, 9.17) is 9.47 Å². The third kappa shape index (κ3) is 9.22. The van der Waals surface area contributed by atoms with E-state index in [1.165, 1.54) is 62.7 Å². The standard InChI is InChI=1S/C29H34F3N5O5S/c1-40-22-10-11-23(25(18-22)41-2)26(38)35-28-37(16-5-12-33-27(39)34-13-17-36-14-3-4-15-36)24(19-43-28)20-6-8-21(9-7-20)42-29(30,31)32/h6-11,18-19H,3-5,12-17H2,1-2H3,(H2,33,34,39). The van der Waals surface area contributed by atoms with Gasteiger partial charge < -0.3 is 34.3 Å². The van der Waals surface area contributed by atoms with E-state index < -0.39 is 12.3 Å². The van der Waals surface area contributed by atoms with E-state index in [0.717, 1.165) is 19.6 Å². The summed E-state index contributed by atoms with van der Waals surface area (Å²) < 4.78 is 54.3. The molecule has 10 nitrogen and oxygen atoms in total. The Morgan fingerprint density at radius 3 is 2.33 bits per heavy atom. The number of carbonyl (C=O) groups is 2. The fraction of sp³-hybridized carbons (Fsp3) is 0.414. The van der Waals surface area contributed by atoms with Gasteiger partial charge in [-0.3, -0.25) is 4.79 Å². The van der Waals surface area contributed by atoms with Crippen LogP contribution in [0.4, 0.5) is 18.0 Å². The molecule has 4 rings (SSSR count). The number of benzene rings is 2. The Balaban J connectivity index is 1.50. The van der Waals surface area contributed by atoms with Crippen molar-refractivity contribution in [2.45, 2.75) is 32.2 Å². The lowest BCUT2D eigenvalue weighted by atomic mass is 10.1. The summed E-state index contributed by atoms with van der Waals surface area (Å²) in [5, 5.41) is 7.48. The van der Waals surface area contributed by atoms with Gasteiger partial charge in [0.2, 0.25) is 0 Å². The summed E-state index contributed by atoms with van der Waals surface area (Å²) >= 11 is 1.21. The fourth-order valence-corrected chi connectivity index (χ4v) is 5.58. The topological polar surface area (TPSA) is 106 Å². The molecule has 43 heavy (non-hydrogen) atoms. The predicted molar refractivity (Wildman–Crippen MR) is 156 cm³/mol. The second-order valence-corrected chi connectivity index (χ2v) is 10.5. The van der Waals surface area contributed by atoms with Crippen molar-refractivity contribution in [2.24, 2.45) is 4.99 Å². The minimum absolute atomic E-state index is 0.241. The molecule has 3 aromatic rings. The Hall–Kier alpha value is -4.04. The highest BCUT2D eigenvalue weighted by Crippen LogP contribution is 2.28. The number of nitrogens with zero attached hydrogens (tertiary/aromatic N) is 3. The zero-order chi connectivity index (χ0) is 30.8. The number of methoxy groups -OCH3 is 2. The highest BCUT2D eigenvalue weighted by molar-refractivity contribution is 7.07. The quantitative estimate of drug-likeness (QED) is 0.285. The zero-order valence-electron chi connectivity index (χ0n) is 23.9. The van der Waals surface area contributed by atoms with Gasteiger partial charge in [-0.15, -0.1) is 24.5 Å². The number of hydrogen-bond donors (Lipinski definition) is 2. The highest BCUT2D eigenvalue weighted by Gasteiger charge is 2.31. The van der Waals surface area contributed by atoms with Gasteiger partial charge in [0.25, 0.3) is 5.91 Å². The maximum absolute atomic E-state index is 13.2. The molecule has 14 heteroatoms. The maximum Gasteiger partial charge on any atom is 0.573 e. The van der Waals surface area contributed by atoms with Crippen molar-refractivity contribution in [1.82, 2.24) is 20.1 Å². The zero-order valence-corrected chi connectivity index (χ0v) is 24.7. The number of carbonyl (C=O) groups excluding carboxylic acids is 2. The first-order chi connectivity index (χ1) is 20.7. The summed E-state index contributed by atoms with van der Waals surface area (Å²) in [4.78, 5) is 32.5. The Bertz CT molecular complexity index is 1450. The van der Waals surface area contributed by atoms with E-state index in [0.29, 0.717) is 53.6 Å². The molecule has 3 amide bonds. The van der Waals surface area contributed by atoms with Gasteiger partial charge in [-0.1, -0.05) is 0 Å². The third-order valence-corrected chi connectivity index (χ3v) is 7.64. The fourth-order valence-electron chi connectivity index (χ4n) is 4.65. The molecule has 0 bridgehead atoms. The first-order valence-electron chi connectivity index (χ1n) is 13.8. The molecule has 2 heterocycles. The highest BCUT2D eigenvalue weighted by atomic mass is 32.1. The Kier molecular flexibility index (Phi) is 11.1. The molecule has 1 aliphatic heterocycles. The van der Waals surface area contributed by atoms with Gasteiger partial charge in [0.15, 0.2) is 4.80 Å². The average Bonchev–Trinajstić information content (AvgIpc) is 3.64. The number of nitrogens with one attached hydrogen (secondary N) is 2. The van der Waals surface area contributed by atoms with E-state index in [1.807, 2.05) is 0 Å². The van der Waals surface area contributed by atoms with Gasteiger partial charge in [-0.05, 0) is 74.3 Å². The molecule has 2 aromatic carbocycles. The van der Waals surface area contributed by atoms with Crippen LogP contribution < -0.4 is 29.6 Å². The normalized spacial score (nSPS) is 14.0. The van der Waals surface area contributed by atoms with Crippen LogP contribution in [0, 0.1) is 0 Å². The lowest BCUT2D eigenvalue weighted by molar-refractivity contribution is -0.274. The number of urea groups is 1. The molecule has 0 unspecified atom stereocenters. The molecule has 0 spiro atoms. The number of ether oxygens (including phenoxy) is 3. The average molecular weight is 622 g/mol. The number of likely N-dealkylation sites (tertiary alicyclic amines) is 1. The predicted octanol–water partition coefficient (Wildman–Crippen LogP) is 4.66. The number of halogens is 3. The van der Waals surface area contributed by atoms with Crippen LogP contribution in [0.15, 0.2) is 52.8 Å². The molecule has 1 aliphatic rings. The molecule has 0 atom stereocenters. The van der Waals surface area contributed by atoms with Crippen molar-refractivity contribution in [1.29, 1.82) is 0 Å². The molecule has 0 radical (unpaired) electrons. The van der Waals surface area contributed by atoms with E-state index in [-0.39, 0.29) is 17.3 Å². The summed E-state index contributed by atoms with van der Waals surface area (Å²) in [6.07, 6.45) is -1.92. The number of alkyl halides is 3. The molecule has 1 fully saturated rings. The number of amides is 3.